The van der Waals surface area contributed by atoms with Crippen molar-refractivity contribution in [3.05, 3.63) is 95.3 Å². The lowest BCUT2D eigenvalue weighted by Crippen LogP contribution is -1.91. The van der Waals surface area contributed by atoms with Gasteiger partial charge in [0.05, 0.1) is 0 Å². The van der Waals surface area contributed by atoms with E-state index in [0.717, 1.165) is 24.0 Å². The largest absolute Gasteiger partial charge is 0.365 e. The second-order valence-electron chi connectivity index (χ2n) is 13.5. The van der Waals surface area contributed by atoms with Crippen molar-refractivity contribution >= 4 is 5.71 Å². The molecule has 2 heteroatoms. The van der Waals surface area contributed by atoms with E-state index in [4.69, 9.17) is 5.41 Å². The summed E-state index contributed by atoms with van der Waals surface area (Å²) in [6.07, 6.45) is 9.53. The summed E-state index contributed by atoms with van der Waals surface area (Å²) in [5.74, 6) is 3.64. The molecule has 1 heterocycles. The zero-order chi connectivity index (χ0) is 33.2. The van der Waals surface area contributed by atoms with E-state index in [1.165, 1.54) is 54.5 Å². The molecule has 0 bridgehead atoms. The SMILES string of the molecule is CC(=N)CCCC(C)C.CC(C)c1ccc[nH]1.CC(C)c1ccccc1.CCCCC(C)C.Cc1ccc(C(C)C)cc1. The van der Waals surface area contributed by atoms with Gasteiger partial charge in [0.2, 0.25) is 0 Å². The molecule has 0 amide bonds. The first-order chi connectivity index (χ1) is 20.2. The average Bonchev–Trinajstić information content (AvgIpc) is 3.49. The van der Waals surface area contributed by atoms with E-state index in [0.29, 0.717) is 17.8 Å². The van der Waals surface area contributed by atoms with Crippen LogP contribution in [0.4, 0.5) is 0 Å². The summed E-state index contributed by atoms with van der Waals surface area (Å²) in [5, 5.41) is 7.14. The van der Waals surface area contributed by atoms with E-state index in [-0.39, 0.29) is 0 Å². The predicted octanol–water partition coefficient (Wildman–Crippen LogP) is 13.8. The maximum atomic E-state index is 7.14. The van der Waals surface area contributed by atoms with Crippen LogP contribution in [0.1, 0.15) is 162 Å². The Morgan fingerprint density at radius 1 is 0.628 bits per heavy atom. The normalized spacial score (nSPS) is 10.3. The van der Waals surface area contributed by atoms with Gasteiger partial charge in [-0.2, -0.15) is 0 Å². The molecule has 244 valence electrons. The van der Waals surface area contributed by atoms with Crippen LogP contribution in [-0.4, -0.2) is 10.7 Å². The second kappa shape index (κ2) is 27.0. The number of aryl methyl sites for hydroxylation is 1. The van der Waals surface area contributed by atoms with E-state index in [2.05, 4.69) is 143 Å². The highest BCUT2D eigenvalue weighted by molar-refractivity contribution is 5.78. The van der Waals surface area contributed by atoms with Gasteiger partial charge in [0, 0.05) is 17.6 Å². The number of H-pyrrole nitrogens is 1. The smallest absolute Gasteiger partial charge is 0.0173 e. The fraction of sp³-hybridized carbons (Fsp3) is 0.585. The Labute approximate surface area is 269 Å². The summed E-state index contributed by atoms with van der Waals surface area (Å²) < 4.78 is 0. The standard InChI is InChI=1S/C10H14.C9H12.C8H17N.C7H11N.C7H16/c1-8(2)10-6-4-9(3)5-7-10;1-8(2)9-6-4-3-5-7-9;1-7(2)5-4-6-8(3)9;1-6(2)7-4-3-5-8-7;1-4-5-6-7(2)3/h4-8H,1-3H3;3-8H,1-2H3;7,9H,4-6H2,1-3H3;3-6,8H,1-2H3;7H,4-6H2,1-3H3. The van der Waals surface area contributed by atoms with Gasteiger partial charge < -0.3 is 10.4 Å². The molecule has 3 rings (SSSR count). The minimum atomic E-state index is 0.630. The number of benzene rings is 2. The molecule has 0 radical (unpaired) electrons. The van der Waals surface area contributed by atoms with Crippen molar-refractivity contribution in [3.63, 3.8) is 0 Å². The van der Waals surface area contributed by atoms with Gasteiger partial charge in [0.15, 0.2) is 0 Å². The van der Waals surface area contributed by atoms with Crippen molar-refractivity contribution in [2.45, 2.75) is 146 Å². The first-order valence-electron chi connectivity index (χ1n) is 17.0. The number of aromatic nitrogens is 1. The van der Waals surface area contributed by atoms with E-state index < -0.39 is 0 Å². The molecule has 2 aromatic carbocycles. The fourth-order valence-electron chi connectivity index (χ4n) is 3.88. The average molecular weight is 591 g/mol. The van der Waals surface area contributed by atoms with Crippen molar-refractivity contribution in [3.8, 4) is 0 Å². The molecule has 0 aliphatic heterocycles. The van der Waals surface area contributed by atoms with Crippen molar-refractivity contribution in [1.82, 2.24) is 4.98 Å². The molecule has 2 N–H and O–H groups in total. The van der Waals surface area contributed by atoms with Gasteiger partial charge in [-0.1, -0.05) is 162 Å². The first-order valence-corrected chi connectivity index (χ1v) is 17.0. The van der Waals surface area contributed by atoms with Crippen LogP contribution in [0.25, 0.3) is 0 Å². The molecule has 0 atom stereocenters. The third-order valence-electron chi connectivity index (χ3n) is 6.92. The zero-order valence-corrected chi connectivity index (χ0v) is 30.6. The molecule has 3 aromatic rings. The Morgan fingerprint density at radius 3 is 1.42 bits per heavy atom. The molecular weight excluding hydrogens is 520 g/mol. The van der Waals surface area contributed by atoms with Gasteiger partial charge in [-0.3, -0.25) is 0 Å². The number of unbranched alkanes of at least 4 members (excludes halogenated alkanes) is 1. The number of rotatable bonds is 10. The Balaban J connectivity index is 0. The predicted molar refractivity (Wildman–Crippen MR) is 197 cm³/mol. The van der Waals surface area contributed by atoms with Gasteiger partial charge in [-0.15, -0.1) is 0 Å². The van der Waals surface area contributed by atoms with Crippen LogP contribution in [0.3, 0.4) is 0 Å². The summed E-state index contributed by atoms with van der Waals surface area (Å²) in [6, 6.07) is 23.4. The van der Waals surface area contributed by atoms with Gasteiger partial charge in [0.25, 0.3) is 0 Å². The van der Waals surface area contributed by atoms with E-state index >= 15 is 0 Å². The quantitative estimate of drug-likeness (QED) is 0.220. The number of aromatic amines is 1. The van der Waals surface area contributed by atoms with Gasteiger partial charge in [0.1, 0.15) is 0 Å². The monoisotopic (exact) mass is 591 g/mol. The lowest BCUT2D eigenvalue weighted by molar-refractivity contribution is 0.550. The Morgan fingerprint density at radius 2 is 1.12 bits per heavy atom. The topological polar surface area (TPSA) is 39.6 Å². The van der Waals surface area contributed by atoms with Crippen LogP contribution in [-0.2, 0) is 0 Å². The summed E-state index contributed by atoms with van der Waals surface area (Å²) in [7, 11) is 0. The van der Waals surface area contributed by atoms with Crippen LogP contribution in [0.5, 0.6) is 0 Å². The van der Waals surface area contributed by atoms with Crippen LogP contribution in [0.15, 0.2) is 72.9 Å². The molecule has 0 saturated heterocycles. The van der Waals surface area contributed by atoms with E-state index in [1.54, 1.807) is 0 Å². The summed E-state index contributed by atoms with van der Waals surface area (Å²) in [6.45, 7) is 28.4. The summed E-state index contributed by atoms with van der Waals surface area (Å²) >= 11 is 0. The number of hydrogen-bond acceptors (Lipinski definition) is 1. The molecule has 43 heavy (non-hydrogen) atoms. The number of hydrogen-bond donors (Lipinski definition) is 2. The molecule has 0 aliphatic rings. The minimum Gasteiger partial charge on any atom is -0.365 e. The third kappa shape index (κ3) is 27.9. The van der Waals surface area contributed by atoms with Crippen LogP contribution in [0.2, 0.25) is 0 Å². The molecule has 1 aromatic heterocycles. The Bertz CT molecular complexity index is 978. The second-order valence-corrected chi connectivity index (χ2v) is 13.5. The molecule has 0 aliphatic carbocycles. The third-order valence-corrected chi connectivity index (χ3v) is 6.92. The van der Waals surface area contributed by atoms with Gasteiger partial charge in [-0.05, 0) is 79.5 Å². The Kier molecular flexibility index (Phi) is 26.7. The lowest BCUT2D eigenvalue weighted by Gasteiger charge is -2.03. The minimum absolute atomic E-state index is 0.630. The zero-order valence-electron chi connectivity index (χ0n) is 30.6. The maximum Gasteiger partial charge on any atom is 0.0173 e. The molecule has 0 spiro atoms. The van der Waals surface area contributed by atoms with Crippen molar-refractivity contribution in [1.29, 1.82) is 5.41 Å². The maximum absolute atomic E-state index is 7.14. The van der Waals surface area contributed by atoms with E-state index in [1.807, 2.05) is 25.3 Å². The Hall–Kier alpha value is -2.61. The highest BCUT2D eigenvalue weighted by atomic mass is 14.7. The summed E-state index contributed by atoms with van der Waals surface area (Å²) in [4.78, 5) is 3.14. The van der Waals surface area contributed by atoms with E-state index in [9.17, 15) is 0 Å². The first kappa shape index (κ1) is 42.5. The lowest BCUT2D eigenvalue weighted by atomic mass is 10.0. The van der Waals surface area contributed by atoms with Crippen molar-refractivity contribution in [2.75, 3.05) is 0 Å². The van der Waals surface area contributed by atoms with Gasteiger partial charge in [-0.25, -0.2) is 0 Å². The molecule has 0 fully saturated rings. The molecule has 0 saturated carbocycles. The molecular formula is C41H70N2. The van der Waals surface area contributed by atoms with Crippen LogP contribution in [0, 0.1) is 24.2 Å². The number of nitrogens with one attached hydrogen (secondary N) is 2. The highest BCUT2D eigenvalue weighted by Crippen LogP contribution is 2.14. The van der Waals surface area contributed by atoms with Crippen molar-refractivity contribution < 1.29 is 0 Å². The van der Waals surface area contributed by atoms with Gasteiger partial charge >= 0.3 is 0 Å². The van der Waals surface area contributed by atoms with Crippen molar-refractivity contribution in [2.24, 2.45) is 11.8 Å². The molecule has 2 nitrogen and oxygen atoms in total. The summed E-state index contributed by atoms with van der Waals surface area (Å²) in [5.41, 5.74) is 6.30. The van der Waals surface area contributed by atoms with Crippen LogP contribution < -0.4 is 0 Å². The highest BCUT2D eigenvalue weighted by Gasteiger charge is 1.97. The van der Waals surface area contributed by atoms with Crippen LogP contribution >= 0.6 is 0 Å². The fourth-order valence-corrected chi connectivity index (χ4v) is 3.88. The molecule has 0 unspecified atom stereocenters.